The van der Waals surface area contributed by atoms with Crippen molar-refractivity contribution in [2.75, 3.05) is 17.2 Å². The highest BCUT2D eigenvalue weighted by atomic mass is 32.2. The molecule has 19 heavy (non-hydrogen) atoms. The summed E-state index contributed by atoms with van der Waals surface area (Å²) >= 11 is 0. The lowest BCUT2D eigenvalue weighted by Gasteiger charge is -2.03. The molecule has 0 aliphatic heterocycles. The maximum Gasteiger partial charge on any atom is 0.151 e. The molecule has 104 valence electrons. The van der Waals surface area contributed by atoms with E-state index in [1.165, 1.54) is 4.68 Å². The van der Waals surface area contributed by atoms with Crippen molar-refractivity contribution in [3.05, 3.63) is 24.2 Å². The zero-order valence-corrected chi connectivity index (χ0v) is 11.8. The van der Waals surface area contributed by atoms with Gasteiger partial charge in [0.2, 0.25) is 0 Å². The van der Waals surface area contributed by atoms with Gasteiger partial charge in [-0.2, -0.15) is 5.10 Å². The third kappa shape index (κ3) is 2.98. The summed E-state index contributed by atoms with van der Waals surface area (Å²) in [7, 11) is -3.02. The Morgan fingerprint density at radius 2 is 2.21 bits per heavy atom. The van der Waals surface area contributed by atoms with Crippen LogP contribution in [0.3, 0.4) is 0 Å². The zero-order valence-electron chi connectivity index (χ0n) is 11.0. The lowest BCUT2D eigenvalue weighted by Crippen LogP contribution is -2.16. The second-order valence-electron chi connectivity index (χ2n) is 4.30. The smallest absolute Gasteiger partial charge is 0.151 e. The Morgan fingerprint density at radius 1 is 1.47 bits per heavy atom. The number of aromatic nitrogens is 2. The molecule has 0 aliphatic rings. The monoisotopic (exact) mass is 283 g/mol. The fourth-order valence-corrected chi connectivity index (χ4v) is 2.50. The molecular weight excluding hydrogens is 266 g/mol. The predicted molar refractivity (Wildman–Crippen MR) is 73.4 cm³/mol. The molecule has 0 amide bonds. The molecule has 0 aromatic carbocycles. The summed E-state index contributed by atoms with van der Waals surface area (Å²) in [6, 6.07) is 3.53. The molecule has 6 nitrogen and oxygen atoms in total. The molecule has 2 aromatic heterocycles. The first kappa shape index (κ1) is 13.7. The van der Waals surface area contributed by atoms with Crippen LogP contribution in [-0.2, 0) is 16.4 Å². The van der Waals surface area contributed by atoms with Gasteiger partial charge >= 0.3 is 0 Å². The Labute approximate surface area is 112 Å². The summed E-state index contributed by atoms with van der Waals surface area (Å²) in [4.78, 5) is 0. The highest BCUT2D eigenvalue weighted by Crippen LogP contribution is 2.24. The highest BCUT2D eigenvalue weighted by Gasteiger charge is 2.13. The summed E-state index contributed by atoms with van der Waals surface area (Å²) in [6.45, 7) is 3.73. The van der Waals surface area contributed by atoms with E-state index in [9.17, 15) is 8.42 Å². The Balaban J connectivity index is 2.21. The second-order valence-corrected chi connectivity index (χ2v) is 6.78. The van der Waals surface area contributed by atoms with Crippen molar-refractivity contribution in [1.82, 2.24) is 9.78 Å². The summed E-state index contributed by atoms with van der Waals surface area (Å²) < 4.78 is 29.7. The van der Waals surface area contributed by atoms with Crippen molar-refractivity contribution < 1.29 is 12.8 Å². The summed E-state index contributed by atoms with van der Waals surface area (Å²) in [5.41, 5.74) is 7.40. The van der Waals surface area contributed by atoms with Crippen LogP contribution in [0.5, 0.6) is 0 Å². The van der Waals surface area contributed by atoms with Crippen molar-refractivity contribution in [2.45, 2.75) is 20.4 Å². The van der Waals surface area contributed by atoms with Crippen LogP contribution in [0.4, 0.5) is 5.82 Å². The topological polar surface area (TPSA) is 91.1 Å². The Morgan fingerprint density at radius 3 is 2.79 bits per heavy atom. The van der Waals surface area contributed by atoms with Crippen LogP contribution in [0.2, 0.25) is 0 Å². The third-order valence-corrected chi connectivity index (χ3v) is 4.68. The number of anilines is 1. The number of furan rings is 1. The number of hydrogen-bond donors (Lipinski definition) is 1. The number of nitrogens with two attached hydrogens (primary N) is 1. The fourth-order valence-electron chi connectivity index (χ4n) is 1.76. The molecule has 0 saturated carbocycles. The summed E-state index contributed by atoms with van der Waals surface area (Å²) in [5, 5.41) is 4.32. The van der Waals surface area contributed by atoms with Crippen molar-refractivity contribution in [3.8, 4) is 11.3 Å². The van der Waals surface area contributed by atoms with Crippen LogP contribution in [0.15, 0.2) is 22.8 Å². The minimum atomic E-state index is -3.02. The number of rotatable bonds is 5. The molecule has 2 heterocycles. The van der Waals surface area contributed by atoms with Gasteiger partial charge in [-0.05, 0) is 13.0 Å². The third-order valence-electron chi connectivity index (χ3n) is 3.00. The number of sulfone groups is 1. The first-order valence-electron chi connectivity index (χ1n) is 6.01. The van der Waals surface area contributed by atoms with E-state index in [-0.39, 0.29) is 18.1 Å². The van der Waals surface area contributed by atoms with Gasteiger partial charge in [0.15, 0.2) is 9.84 Å². The lowest BCUT2D eigenvalue weighted by molar-refractivity contribution is 0.535. The van der Waals surface area contributed by atoms with Gasteiger partial charge in [-0.15, -0.1) is 0 Å². The zero-order chi connectivity index (χ0) is 14.0. The van der Waals surface area contributed by atoms with Gasteiger partial charge in [0.25, 0.3) is 0 Å². The van der Waals surface area contributed by atoms with E-state index in [2.05, 4.69) is 5.10 Å². The molecule has 2 aromatic rings. The SMILES string of the molecule is CCS(=O)(=O)CCn1nc(-c2ccoc2C)cc1N. The minimum Gasteiger partial charge on any atom is -0.469 e. The van der Waals surface area contributed by atoms with E-state index in [1.807, 2.05) is 13.0 Å². The van der Waals surface area contributed by atoms with Crippen LogP contribution >= 0.6 is 0 Å². The predicted octanol–water partition coefficient (Wildman–Crippen LogP) is 1.47. The molecule has 0 saturated heterocycles. The Kier molecular flexibility index (Phi) is 3.66. The Bertz CT molecular complexity index is 670. The van der Waals surface area contributed by atoms with Crippen LogP contribution in [0.1, 0.15) is 12.7 Å². The molecule has 0 spiro atoms. The minimum absolute atomic E-state index is 0.0409. The Hall–Kier alpha value is -1.76. The number of hydrogen-bond acceptors (Lipinski definition) is 5. The van der Waals surface area contributed by atoms with Crippen molar-refractivity contribution in [1.29, 1.82) is 0 Å². The molecular formula is C12H17N3O3S. The van der Waals surface area contributed by atoms with Gasteiger partial charge < -0.3 is 10.2 Å². The molecule has 7 heteroatoms. The molecule has 0 unspecified atom stereocenters. The average molecular weight is 283 g/mol. The van der Waals surface area contributed by atoms with Gasteiger partial charge in [-0.25, -0.2) is 13.1 Å². The van der Waals surface area contributed by atoms with Crippen molar-refractivity contribution in [3.63, 3.8) is 0 Å². The molecule has 0 aliphatic carbocycles. The molecule has 0 bridgehead atoms. The second kappa shape index (κ2) is 5.08. The van der Waals surface area contributed by atoms with E-state index in [1.54, 1.807) is 19.3 Å². The van der Waals surface area contributed by atoms with E-state index in [0.717, 1.165) is 11.3 Å². The normalized spacial score (nSPS) is 11.9. The van der Waals surface area contributed by atoms with Crippen LogP contribution in [-0.4, -0.2) is 29.7 Å². The molecule has 0 radical (unpaired) electrons. The molecule has 0 fully saturated rings. The number of aryl methyl sites for hydroxylation is 2. The van der Waals surface area contributed by atoms with Gasteiger partial charge in [0.1, 0.15) is 11.6 Å². The van der Waals surface area contributed by atoms with E-state index in [4.69, 9.17) is 10.2 Å². The average Bonchev–Trinajstić information content (AvgIpc) is 2.93. The van der Waals surface area contributed by atoms with Gasteiger partial charge in [-0.3, -0.25) is 0 Å². The van der Waals surface area contributed by atoms with E-state index < -0.39 is 9.84 Å². The maximum absolute atomic E-state index is 11.5. The fraction of sp³-hybridized carbons (Fsp3) is 0.417. The first-order valence-corrected chi connectivity index (χ1v) is 7.83. The molecule has 2 N–H and O–H groups in total. The van der Waals surface area contributed by atoms with Crippen molar-refractivity contribution >= 4 is 15.7 Å². The van der Waals surface area contributed by atoms with E-state index in [0.29, 0.717) is 11.5 Å². The first-order chi connectivity index (χ1) is 8.93. The highest BCUT2D eigenvalue weighted by molar-refractivity contribution is 7.91. The number of nitrogen functional groups attached to an aromatic ring is 1. The van der Waals surface area contributed by atoms with E-state index >= 15 is 0 Å². The summed E-state index contributed by atoms with van der Waals surface area (Å²) in [6.07, 6.45) is 1.58. The van der Waals surface area contributed by atoms with Gasteiger partial charge in [0, 0.05) is 17.4 Å². The summed E-state index contributed by atoms with van der Waals surface area (Å²) in [5.74, 6) is 1.37. The standard InChI is InChI=1S/C12H17N3O3S/c1-3-19(16,17)7-5-15-12(13)8-11(14-15)10-4-6-18-9(10)2/h4,6,8H,3,5,7,13H2,1-2H3. The van der Waals surface area contributed by atoms with Crippen LogP contribution in [0, 0.1) is 6.92 Å². The largest absolute Gasteiger partial charge is 0.469 e. The van der Waals surface area contributed by atoms with Gasteiger partial charge in [0.05, 0.1) is 24.3 Å². The van der Waals surface area contributed by atoms with Crippen molar-refractivity contribution in [2.24, 2.45) is 0 Å². The van der Waals surface area contributed by atoms with Crippen LogP contribution < -0.4 is 5.73 Å². The molecule has 0 atom stereocenters. The quantitative estimate of drug-likeness (QED) is 0.897. The maximum atomic E-state index is 11.5. The molecule has 2 rings (SSSR count). The van der Waals surface area contributed by atoms with Gasteiger partial charge in [-0.1, -0.05) is 6.92 Å². The van der Waals surface area contributed by atoms with Crippen LogP contribution in [0.25, 0.3) is 11.3 Å². The number of nitrogens with zero attached hydrogens (tertiary/aromatic N) is 2. The lowest BCUT2D eigenvalue weighted by atomic mass is 10.2.